The van der Waals surface area contributed by atoms with Crippen LogP contribution in [-0.2, 0) is 35.2 Å². The molecule has 2 aromatic carbocycles. The minimum atomic E-state index is -3.84. The van der Waals surface area contributed by atoms with Crippen molar-refractivity contribution >= 4 is 21.7 Å². The number of nitrogens with zero attached hydrogens (tertiary/aromatic N) is 3. The molecule has 0 saturated carbocycles. The number of aromatic nitrogens is 2. The van der Waals surface area contributed by atoms with Gasteiger partial charge in [0.25, 0.3) is 5.97 Å². The predicted molar refractivity (Wildman–Crippen MR) is 135 cm³/mol. The number of aliphatic carboxylic acids is 1. The molecule has 0 unspecified atom stereocenters. The Hall–Kier alpha value is -3.58. The van der Waals surface area contributed by atoms with E-state index in [9.17, 15) is 8.42 Å². The molecule has 4 rings (SSSR count). The van der Waals surface area contributed by atoms with E-state index in [2.05, 4.69) is 14.7 Å². The molecule has 0 amide bonds. The first-order chi connectivity index (χ1) is 16.7. The predicted octanol–water partition coefficient (Wildman–Crippen LogP) is 5.63. The monoisotopic (exact) mass is 598 g/mol. The fraction of sp³-hybridized carbons (Fsp3) is 0.115. The van der Waals surface area contributed by atoms with Crippen LogP contribution in [0.2, 0.25) is 0 Å². The molecule has 0 saturated heterocycles. The number of methoxy groups -OCH3 is 1. The summed E-state index contributed by atoms with van der Waals surface area (Å²) >= 11 is 0. The van der Waals surface area contributed by atoms with Crippen LogP contribution in [-0.4, -0.2) is 36.6 Å². The summed E-state index contributed by atoms with van der Waals surface area (Å²) in [4.78, 5) is 17.2. The summed E-state index contributed by atoms with van der Waals surface area (Å²) < 4.78 is 34.6. The molecule has 2 aromatic heterocycles. The van der Waals surface area contributed by atoms with Crippen molar-refractivity contribution in [2.24, 2.45) is 0 Å². The molecule has 10 heteroatoms. The van der Waals surface area contributed by atoms with Crippen LogP contribution in [0.15, 0.2) is 102 Å². The third-order valence-electron chi connectivity index (χ3n) is 4.25. The fourth-order valence-electron chi connectivity index (χ4n) is 2.66. The Labute approximate surface area is 225 Å². The molecule has 0 bridgehead atoms. The van der Waals surface area contributed by atoms with Crippen molar-refractivity contribution in [1.82, 2.24) is 9.97 Å². The molecule has 8 nitrogen and oxygen atoms in total. The summed E-state index contributed by atoms with van der Waals surface area (Å²) in [5.41, 5.74) is 2.54. The zero-order valence-electron chi connectivity index (χ0n) is 19.9. The van der Waals surface area contributed by atoms with Crippen molar-refractivity contribution in [3.8, 4) is 17.0 Å². The quantitative estimate of drug-likeness (QED) is 0.296. The second-order valence-electron chi connectivity index (χ2n) is 7.02. The molecule has 192 valence electrons. The van der Waals surface area contributed by atoms with E-state index in [-0.39, 0.29) is 25.3 Å². The van der Waals surface area contributed by atoms with Gasteiger partial charge in [-0.15, -0.1) is 5.69 Å². The van der Waals surface area contributed by atoms with Crippen molar-refractivity contribution in [3.63, 3.8) is 0 Å². The van der Waals surface area contributed by atoms with Gasteiger partial charge in [0, 0.05) is 45.9 Å². The van der Waals surface area contributed by atoms with Crippen molar-refractivity contribution in [2.75, 3.05) is 7.11 Å². The summed E-state index contributed by atoms with van der Waals surface area (Å²) in [6, 6.07) is 22.8. The number of carboxylic acid groups (broad SMARTS) is 1. The Bertz CT molecular complexity index is 1270. The van der Waals surface area contributed by atoms with Gasteiger partial charge < -0.3 is 14.6 Å². The van der Waals surface area contributed by atoms with Gasteiger partial charge in [0.15, 0.2) is 0 Å². The molecule has 0 fully saturated rings. The van der Waals surface area contributed by atoms with Gasteiger partial charge in [-0.25, -0.2) is 8.42 Å². The summed E-state index contributed by atoms with van der Waals surface area (Å²) in [7, 11) is -2.32. The first-order valence-electron chi connectivity index (χ1n) is 10.4. The van der Waals surface area contributed by atoms with E-state index in [4.69, 9.17) is 14.6 Å². The average Bonchev–Trinajstić information content (AvgIpc) is 2.86. The van der Waals surface area contributed by atoms with Gasteiger partial charge in [-0.1, -0.05) is 35.9 Å². The summed E-state index contributed by atoms with van der Waals surface area (Å²) in [6.45, 7) is 2.98. The van der Waals surface area contributed by atoms with E-state index in [1.54, 1.807) is 73.2 Å². The molecule has 0 aliphatic rings. The van der Waals surface area contributed by atoms with E-state index in [1.807, 2.05) is 31.2 Å². The number of pyridine rings is 2. The van der Waals surface area contributed by atoms with Gasteiger partial charge in [-0.3, -0.25) is 14.8 Å². The van der Waals surface area contributed by atoms with E-state index >= 15 is 0 Å². The Kier molecular flexibility index (Phi) is 13.0. The van der Waals surface area contributed by atoms with Crippen molar-refractivity contribution in [1.29, 1.82) is 0 Å². The maximum absolute atomic E-state index is 12.7. The van der Waals surface area contributed by atoms with Gasteiger partial charge >= 0.3 is 0 Å². The van der Waals surface area contributed by atoms with E-state index in [0.29, 0.717) is 22.7 Å². The normalized spacial score (nSPS) is 9.75. The first-order valence-corrected chi connectivity index (χ1v) is 11.9. The standard InChI is InChI=1S/C19H17N2O3S.C5H5N.C2H4O2.Pd/c1-14-6-9-16(10-7-14)25(22,23)21-19-13-15(24-2)8-11-17(19)18-5-3-4-12-20-18;1-2-4-6-5-3-1;1-2(3)4;/h3-13H,1-2H3;1-5H;1H3,(H,3,4);/q-1;;;. The largest absolute Gasteiger partial charge is 0.572 e. The minimum Gasteiger partial charge on any atom is -0.572 e. The molecule has 0 aliphatic carbocycles. The molecular formula is C26H26N3O5PdS-. The van der Waals surface area contributed by atoms with Gasteiger partial charge in [0.2, 0.25) is 0 Å². The maximum Gasteiger partial charge on any atom is 0.300 e. The van der Waals surface area contributed by atoms with Crippen molar-refractivity contribution in [3.05, 3.63) is 108 Å². The van der Waals surface area contributed by atoms with Crippen molar-refractivity contribution < 1.29 is 43.5 Å². The first kappa shape index (κ1) is 30.5. The molecule has 0 atom stereocenters. The molecule has 0 spiro atoms. The molecule has 4 aromatic rings. The average molecular weight is 599 g/mol. The summed E-state index contributed by atoms with van der Waals surface area (Å²) in [5.74, 6) is -0.308. The van der Waals surface area contributed by atoms with Crippen LogP contribution in [0.25, 0.3) is 16.0 Å². The molecule has 36 heavy (non-hydrogen) atoms. The fourth-order valence-corrected chi connectivity index (χ4v) is 3.65. The second kappa shape index (κ2) is 15.4. The topological polar surface area (TPSA) is 121 Å². The Balaban J connectivity index is 0.000000495. The SMILES string of the molecule is CC(=O)O.COc1ccc(-c2ccccn2)c([N-]S(=O)(=O)c2ccc(C)cc2)c1.[Pd].c1ccncc1. The van der Waals surface area contributed by atoms with E-state index in [0.717, 1.165) is 12.5 Å². The Morgan fingerprint density at radius 3 is 2.00 bits per heavy atom. The number of benzene rings is 2. The third-order valence-corrected chi connectivity index (χ3v) is 5.55. The van der Waals surface area contributed by atoms with Gasteiger partial charge in [0.05, 0.1) is 17.7 Å². The molecule has 1 N–H and O–H groups in total. The van der Waals surface area contributed by atoms with E-state index in [1.165, 1.54) is 7.11 Å². The van der Waals surface area contributed by atoms with Crippen LogP contribution in [0.3, 0.4) is 0 Å². The Morgan fingerprint density at radius 2 is 1.53 bits per heavy atom. The molecule has 0 radical (unpaired) electrons. The zero-order chi connectivity index (χ0) is 25.7. The number of sulfonamides is 1. The van der Waals surface area contributed by atoms with Gasteiger partial charge in [-0.2, -0.15) is 0 Å². The van der Waals surface area contributed by atoms with Crippen molar-refractivity contribution in [2.45, 2.75) is 18.7 Å². The number of hydrogen-bond donors (Lipinski definition) is 1. The van der Waals surface area contributed by atoms with E-state index < -0.39 is 16.0 Å². The maximum atomic E-state index is 12.7. The van der Waals surface area contributed by atoms with Crippen LogP contribution in [0, 0.1) is 6.92 Å². The van der Waals surface area contributed by atoms with Crippen LogP contribution in [0.5, 0.6) is 5.75 Å². The number of carboxylic acids is 1. The molecule has 2 heterocycles. The number of carbonyl (C=O) groups is 1. The number of rotatable bonds is 5. The Morgan fingerprint density at radius 1 is 0.917 bits per heavy atom. The van der Waals surface area contributed by atoms with Crippen LogP contribution < -0.4 is 4.74 Å². The van der Waals surface area contributed by atoms with Crippen LogP contribution in [0.4, 0.5) is 5.69 Å². The van der Waals surface area contributed by atoms with Gasteiger partial charge in [0.1, 0.15) is 15.8 Å². The van der Waals surface area contributed by atoms with Crippen LogP contribution in [0.1, 0.15) is 12.5 Å². The van der Waals surface area contributed by atoms with Crippen LogP contribution >= 0.6 is 0 Å². The molecule has 0 aliphatic heterocycles. The molecular weight excluding hydrogens is 573 g/mol. The van der Waals surface area contributed by atoms with Gasteiger partial charge in [-0.05, 0) is 61.0 Å². The third kappa shape index (κ3) is 10.4. The smallest absolute Gasteiger partial charge is 0.300 e. The summed E-state index contributed by atoms with van der Waals surface area (Å²) in [5, 5.41) is 7.42. The number of aryl methyl sites for hydroxylation is 1. The number of hydrogen-bond acceptors (Lipinski definition) is 6. The number of ether oxygens (including phenoxy) is 1. The minimum absolute atomic E-state index is 0. The second-order valence-corrected chi connectivity index (χ2v) is 8.63. The zero-order valence-corrected chi connectivity index (χ0v) is 22.3. The summed E-state index contributed by atoms with van der Waals surface area (Å²) in [6.07, 6.45) is 5.15.